The van der Waals surface area contributed by atoms with Crippen LogP contribution in [0, 0.1) is 17.6 Å². The second-order valence-corrected chi connectivity index (χ2v) is 6.70. The zero-order valence-corrected chi connectivity index (χ0v) is 13.3. The van der Waals surface area contributed by atoms with Crippen LogP contribution in [0.25, 0.3) is 0 Å². The minimum Gasteiger partial charge on any atom is -0.375 e. The van der Waals surface area contributed by atoms with E-state index in [1.54, 1.807) is 0 Å². The predicted molar refractivity (Wildman–Crippen MR) is 86.9 cm³/mol. The number of fused-ring (bicyclic) bond motifs is 3. The summed E-state index contributed by atoms with van der Waals surface area (Å²) < 4.78 is 28.8. The summed E-state index contributed by atoms with van der Waals surface area (Å²) in [6.07, 6.45) is 5.09. The molecule has 2 aromatic rings. The Hall–Kier alpha value is -1.68. The third kappa shape index (κ3) is 2.09. The number of hydrogen-bond acceptors (Lipinski definition) is 1. The molecule has 3 atom stereocenters. The summed E-state index contributed by atoms with van der Waals surface area (Å²) in [7, 11) is 0. The molecule has 1 N–H and O–H groups in total. The summed E-state index contributed by atoms with van der Waals surface area (Å²) in [6.45, 7) is 0. The molecule has 0 aromatic heterocycles. The van der Waals surface area contributed by atoms with Crippen LogP contribution in [0.15, 0.2) is 53.0 Å². The molecule has 2 aliphatic rings. The van der Waals surface area contributed by atoms with Crippen molar-refractivity contribution >= 4 is 21.6 Å². The Morgan fingerprint density at radius 1 is 1.09 bits per heavy atom. The lowest BCUT2D eigenvalue weighted by molar-refractivity contribution is 0.417. The summed E-state index contributed by atoms with van der Waals surface area (Å²) in [5.74, 6) is -0.715. The zero-order chi connectivity index (χ0) is 15.3. The van der Waals surface area contributed by atoms with Gasteiger partial charge in [0.15, 0.2) is 0 Å². The SMILES string of the molecule is Fc1cc(F)c2c(c1)C1C=CCC1C(c1ccccc1Br)N2. The Morgan fingerprint density at radius 3 is 2.73 bits per heavy atom. The topological polar surface area (TPSA) is 12.0 Å². The summed E-state index contributed by atoms with van der Waals surface area (Å²) in [5.41, 5.74) is 2.25. The highest BCUT2D eigenvalue weighted by Gasteiger charge is 2.39. The number of halogens is 3. The van der Waals surface area contributed by atoms with Gasteiger partial charge in [0, 0.05) is 16.5 Å². The van der Waals surface area contributed by atoms with Gasteiger partial charge in [0.25, 0.3) is 0 Å². The van der Waals surface area contributed by atoms with E-state index in [9.17, 15) is 8.78 Å². The molecule has 0 spiro atoms. The molecule has 0 amide bonds. The van der Waals surface area contributed by atoms with E-state index in [1.807, 2.05) is 24.3 Å². The average Bonchev–Trinajstić information content (AvgIpc) is 2.97. The van der Waals surface area contributed by atoms with Crippen LogP contribution in [0.5, 0.6) is 0 Å². The quantitative estimate of drug-likeness (QED) is 0.656. The number of anilines is 1. The molecule has 4 heteroatoms. The maximum absolute atomic E-state index is 14.2. The second kappa shape index (κ2) is 5.20. The van der Waals surface area contributed by atoms with Gasteiger partial charge in [0.05, 0.1) is 11.7 Å². The van der Waals surface area contributed by atoms with Gasteiger partial charge in [-0.2, -0.15) is 0 Å². The molecule has 0 radical (unpaired) electrons. The van der Waals surface area contributed by atoms with Crippen molar-refractivity contribution in [2.45, 2.75) is 18.4 Å². The number of benzene rings is 2. The second-order valence-electron chi connectivity index (χ2n) is 5.85. The highest BCUT2D eigenvalue weighted by Crippen LogP contribution is 2.51. The van der Waals surface area contributed by atoms with E-state index in [0.29, 0.717) is 5.69 Å². The fourth-order valence-corrected chi connectivity index (χ4v) is 4.19. The fraction of sp³-hybridized carbons (Fsp3) is 0.222. The molecular formula is C18H14BrF2N. The lowest BCUT2D eigenvalue weighted by atomic mass is 9.77. The maximum atomic E-state index is 14.2. The Kier molecular flexibility index (Phi) is 3.30. The molecule has 1 aliphatic carbocycles. The van der Waals surface area contributed by atoms with Gasteiger partial charge in [0.2, 0.25) is 0 Å². The summed E-state index contributed by atoms with van der Waals surface area (Å²) in [4.78, 5) is 0. The molecule has 4 rings (SSSR count). The van der Waals surface area contributed by atoms with Crippen LogP contribution < -0.4 is 5.32 Å². The van der Waals surface area contributed by atoms with E-state index in [-0.39, 0.29) is 17.9 Å². The van der Waals surface area contributed by atoms with Gasteiger partial charge in [-0.3, -0.25) is 0 Å². The largest absolute Gasteiger partial charge is 0.375 e. The third-order valence-electron chi connectivity index (χ3n) is 4.63. The van der Waals surface area contributed by atoms with Crippen molar-refractivity contribution in [2.24, 2.45) is 5.92 Å². The summed E-state index contributed by atoms with van der Waals surface area (Å²) in [6, 6.07) is 10.4. The molecule has 0 saturated heterocycles. The summed E-state index contributed by atoms with van der Waals surface area (Å²) >= 11 is 3.58. The standard InChI is InChI=1S/C18H14BrF2N/c19-15-7-2-1-4-13(15)17-12-6-3-5-11(12)14-8-10(20)9-16(21)18(14)22-17/h1-5,7-9,11-12,17,22H,6H2. The van der Waals surface area contributed by atoms with Gasteiger partial charge in [-0.25, -0.2) is 8.78 Å². The molecular weight excluding hydrogens is 348 g/mol. The fourth-order valence-electron chi connectivity index (χ4n) is 3.66. The van der Waals surface area contributed by atoms with Crippen molar-refractivity contribution in [2.75, 3.05) is 5.32 Å². The van der Waals surface area contributed by atoms with Crippen molar-refractivity contribution in [1.29, 1.82) is 0 Å². The van der Waals surface area contributed by atoms with Gasteiger partial charge in [-0.05, 0) is 35.6 Å². The van der Waals surface area contributed by atoms with Crippen molar-refractivity contribution in [3.8, 4) is 0 Å². The Morgan fingerprint density at radius 2 is 1.91 bits per heavy atom. The Balaban J connectivity index is 1.86. The summed E-state index contributed by atoms with van der Waals surface area (Å²) in [5, 5.41) is 3.31. The van der Waals surface area contributed by atoms with E-state index in [4.69, 9.17) is 0 Å². The van der Waals surface area contributed by atoms with E-state index in [1.165, 1.54) is 6.07 Å². The Labute approximate surface area is 136 Å². The van der Waals surface area contributed by atoms with Crippen LogP contribution in [-0.4, -0.2) is 0 Å². The highest BCUT2D eigenvalue weighted by molar-refractivity contribution is 9.10. The number of rotatable bonds is 1. The molecule has 3 unspecified atom stereocenters. The first-order valence-electron chi connectivity index (χ1n) is 7.31. The van der Waals surface area contributed by atoms with Crippen LogP contribution in [0.3, 0.4) is 0 Å². The van der Waals surface area contributed by atoms with Crippen LogP contribution >= 0.6 is 15.9 Å². The van der Waals surface area contributed by atoms with Crippen molar-refractivity contribution < 1.29 is 8.78 Å². The van der Waals surface area contributed by atoms with Gasteiger partial charge < -0.3 is 5.32 Å². The number of nitrogens with one attached hydrogen (secondary N) is 1. The van der Waals surface area contributed by atoms with Gasteiger partial charge in [-0.15, -0.1) is 0 Å². The first kappa shape index (κ1) is 13.9. The first-order chi connectivity index (χ1) is 10.6. The predicted octanol–water partition coefficient (Wildman–Crippen LogP) is 5.55. The maximum Gasteiger partial charge on any atom is 0.149 e. The van der Waals surface area contributed by atoms with E-state index in [0.717, 1.165) is 28.1 Å². The van der Waals surface area contributed by atoms with Crippen LogP contribution in [0.1, 0.15) is 29.5 Å². The van der Waals surface area contributed by atoms with Crippen LogP contribution in [0.4, 0.5) is 14.5 Å². The van der Waals surface area contributed by atoms with Gasteiger partial charge in [-0.1, -0.05) is 46.3 Å². The van der Waals surface area contributed by atoms with E-state index < -0.39 is 11.6 Å². The zero-order valence-electron chi connectivity index (χ0n) is 11.7. The van der Waals surface area contributed by atoms with Crippen LogP contribution in [-0.2, 0) is 0 Å². The van der Waals surface area contributed by atoms with Crippen molar-refractivity contribution in [1.82, 2.24) is 0 Å². The van der Waals surface area contributed by atoms with Crippen LogP contribution in [0.2, 0.25) is 0 Å². The van der Waals surface area contributed by atoms with E-state index >= 15 is 0 Å². The lowest BCUT2D eigenvalue weighted by Gasteiger charge is -2.38. The third-order valence-corrected chi connectivity index (χ3v) is 5.35. The number of hydrogen-bond donors (Lipinski definition) is 1. The normalized spacial score (nSPS) is 25.5. The molecule has 2 aromatic carbocycles. The average molecular weight is 362 g/mol. The van der Waals surface area contributed by atoms with E-state index in [2.05, 4.69) is 33.4 Å². The Bertz CT molecular complexity index is 772. The van der Waals surface area contributed by atoms with Gasteiger partial charge >= 0.3 is 0 Å². The molecule has 0 fully saturated rings. The highest BCUT2D eigenvalue weighted by atomic mass is 79.9. The molecule has 1 heterocycles. The monoisotopic (exact) mass is 361 g/mol. The smallest absolute Gasteiger partial charge is 0.149 e. The van der Waals surface area contributed by atoms with Crippen molar-refractivity contribution in [3.05, 3.63) is 75.8 Å². The van der Waals surface area contributed by atoms with Gasteiger partial charge in [0.1, 0.15) is 11.6 Å². The number of allylic oxidation sites excluding steroid dienone is 2. The molecule has 1 aliphatic heterocycles. The molecule has 0 saturated carbocycles. The molecule has 1 nitrogen and oxygen atoms in total. The molecule has 0 bridgehead atoms. The lowest BCUT2D eigenvalue weighted by Crippen LogP contribution is -2.30. The molecule has 112 valence electrons. The van der Waals surface area contributed by atoms with Crippen molar-refractivity contribution in [3.63, 3.8) is 0 Å². The minimum absolute atomic E-state index is 0.00281. The molecule has 22 heavy (non-hydrogen) atoms. The first-order valence-corrected chi connectivity index (χ1v) is 8.11. The minimum atomic E-state index is -0.522.